The maximum atomic E-state index is 5.82. The third-order valence-corrected chi connectivity index (χ3v) is 2.31. The smallest absolute Gasteiger partial charge is 0.261 e. The lowest BCUT2D eigenvalue weighted by atomic mass is 10.4. The van der Waals surface area contributed by atoms with Crippen molar-refractivity contribution in [3.05, 3.63) is 11.5 Å². The number of halogens is 1. The molecular weight excluding hydrogens is 244 g/mol. The van der Waals surface area contributed by atoms with Gasteiger partial charge >= 0.3 is 0 Å². The van der Waals surface area contributed by atoms with E-state index in [1.807, 2.05) is 0 Å². The molecule has 0 unspecified atom stereocenters. The lowest BCUT2D eigenvalue weighted by Crippen LogP contribution is -2.09. The van der Waals surface area contributed by atoms with E-state index in [4.69, 9.17) is 25.8 Å². The van der Waals surface area contributed by atoms with Crippen LogP contribution in [-0.4, -0.2) is 36.9 Å². The highest BCUT2D eigenvalue weighted by Gasteiger charge is 2.11. The van der Waals surface area contributed by atoms with Gasteiger partial charge < -0.3 is 14.2 Å². The van der Waals surface area contributed by atoms with Gasteiger partial charge in [0.05, 0.1) is 13.7 Å². The monoisotopic (exact) mass is 260 g/mol. The third-order valence-electron chi connectivity index (χ3n) is 2.04. The number of methoxy groups -OCH3 is 1. The van der Waals surface area contributed by atoms with Crippen LogP contribution in [0.25, 0.3) is 0 Å². The van der Waals surface area contributed by atoms with E-state index in [9.17, 15) is 0 Å². The van der Waals surface area contributed by atoms with Gasteiger partial charge in [-0.3, -0.25) is 0 Å². The topological polar surface area (TPSA) is 53.5 Å². The summed E-state index contributed by atoms with van der Waals surface area (Å²) in [6.45, 7) is 3.80. The molecule has 1 heterocycles. The average Bonchev–Trinajstić information content (AvgIpc) is 2.34. The highest BCUT2D eigenvalue weighted by molar-refractivity contribution is 6.31. The number of aromatic nitrogens is 2. The van der Waals surface area contributed by atoms with Crippen molar-refractivity contribution >= 4 is 11.6 Å². The summed E-state index contributed by atoms with van der Waals surface area (Å²) in [4.78, 5) is 7.74. The summed E-state index contributed by atoms with van der Waals surface area (Å²) < 4.78 is 15.8. The van der Waals surface area contributed by atoms with E-state index in [0.29, 0.717) is 24.8 Å². The Balaban J connectivity index is 2.33. The zero-order valence-electron chi connectivity index (χ0n) is 10.1. The number of unbranched alkanes of at least 4 members (excludes halogenated alkanes) is 1. The molecule has 0 spiro atoms. The first-order valence-corrected chi connectivity index (χ1v) is 5.92. The number of ether oxygens (including phenoxy) is 3. The third kappa shape index (κ3) is 4.75. The second-order valence-corrected chi connectivity index (χ2v) is 3.68. The van der Waals surface area contributed by atoms with Gasteiger partial charge in [0.1, 0.15) is 12.9 Å². The van der Waals surface area contributed by atoms with E-state index in [2.05, 4.69) is 16.9 Å². The van der Waals surface area contributed by atoms with Crippen LogP contribution in [0.5, 0.6) is 11.6 Å². The number of hydrogen-bond donors (Lipinski definition) is 0. The van der Waals surface area contributed by atoms with Crippen molar-refractivity contribution in [1.82, 2.24) is 9.97 Å². The second-order valence-electron chi connectivity index (χ2n) is 3.32. The molecule has 0 aliphatic heterocycles. The Morgan fingerprint density at radius 2 is 2.06 bits per heavy atom. The summed E-state index contributed by atoms with van der Waals surface area (Å²) in [6.07, 6.45) is 3.51. The minimum absolute atomic E-state index is 0.240. The Labute approximate surface area is 106 Å². The molecule has 17 heavy (non-hydrogen) atoms. The quantitative estimate of drug-likeness (QED) is 0.530. The Morgan fingerprint density at radius 1 is 1.24 bits per heavy atom. The van der Waals surface area contributed by atoms with E-state index in [-0.39, 0.29) is 5.15 Å². The van der Waals surface area contributed by atoms with Crippen molar-refractivity contribution < 1.29 is 14.2 Å². The van der Waals surface area contributed by atoms with Crippen LogP contribution in [0.15, 0.2) is 6.33 Å². The van der Waals surface area contributed by atoms with E-state index in [1.165, 1.54) is 13.4 Å². The van der Waals surface area contributed by atoms with Crippen molar-refractivity contribution in [3.8, 4) is 11.6 Å². The molecule has 0 N–H and O–H groups in total. The Morgan fingerprint density at radius 3 is 2.76 bits per heavy atom. The van der Waals surface area contributed by atoms with Crippen molar-refractivity contribution in [1.29, 1.82) is 0 Å². The maximum Gasteiger partial charge on any atom is 0.261 e. The molecule has 0 amide bonds. The first-order valence-electron chi connectivity index (χ1n) is 5.54. The summed E-state index contributed by atoms with van der Waals surface area (Å²) in [6, 6.07) is 0. The van der Waals surface area contributed by atoms with Gasteiger partial charge in [0, 0.05) is 6.61 Å². The summed E-state index contributed by atoms with van der Waals surface area (Å²) in [5.41, 5.74) is 0. The zero-order valence-corrected chi connectivity index (χ0v) is 10.9. The minimum atomic E-state index is 0.240. The molecule has 0 saturated heterocycles. The molecule has 0 saturated carbocycles. The molecule has 6 heteroatoms. The molecule has 1 rings (SSSR count). The summed E-state index contributed by atoms with van der Waals surface area (Å²) >= 11 is 5.82. The number of rotatable bonds is 8. The molecule has 0 aromatic carbocycles. The van der Waals surface area contributed by atoms with Gasteiger partial charge in [-0.25, -0.2) is 4.98 Å². The fourth-order valence-corrected chi connectivity index (χ4v) is 1.36. The predicted octanol–water partition coefficient (Wildman–Crippen LogP) is 2.33. The van der Waals surface area contributed by atoms with Crippen LogP contribution in [0.2, 0.25) is 5.15 Å². The van der Waals surface area contributed by atoms with Crippen molar-refractivity contribution in [2.75, 3.05) is 26.9 Å². The average molecular weight is 261 g/mol. The van der Waals surface area contributed by atoms with Gasteiger partial charge in [0.25, 0.3) is 5.88 Å². The lowest BCUT2D eigenvalue weighted by Gasteiger charge is -2.09. The van der Waals surface area contributed by atoms with E-state index in [0.717, 1.165) is 19.4 Å². The molecule has 0 aliphatic rings. The Hall–Kier alpha value is -1.07. The minimum Gasteiger partial charge on any atom is -0.489 e. The summed E-state index contributed by atoms with van der Waals surface area (Å²) in [7, 11) is 1.50. The zero-order chi connectivity index (χ0) is 12.5. The van der Waals surface area contributed by atoms with Crippen LogP contribution in [0.1, 0.15) is 19.8 Å². The summed E-state index contributed by atoms with van der Waals surface area (Å²) in [5.74, 6) is 0.689. The van der Waals surface area contributed by atoms with Crippen LogP contribution < -0.4 is 9.47 Å². The molecule has 0 fully saturated rings. The highest BCUT2D eigenvalue weighted by Crippen LogP contribution is 2.30. The van der Waals surface area contributed by atoms with Crippen LogP contribution in [0, 0.1) is 0 Å². The van der Waals surface area contributed by atoms with Crippen LogP contribution in [0.4, 0.5) is 0 Å². The first-order chi connectivity index (χ1) is 8.29. The van der Waals surface area contributed by atoms with Crippen LogP contribution in [0.3, 0.4) is 0 Å². The first kappa shape index (κ1) is 14.0. The van der Waals surface area contributed by atoms with Gasteiger partial charge in [0.15, 0.2) is 5.15 Å². The number of nitrogens with zero attached hydrogens (tertiary/aromatic N) is 2. The summed E-state index contributed by atoms with van der Waals surface area (Å²) in [5, 5.41) is 0.240. The van der Waals surface area contributed by atoms with Gasteiger partial charge in [-0.2, -0.15) is 4.98 Å². The van der Waals surface area contributed by atoms with Gasteiger partial charge in [-0.15, -0.1) is 0 Å². The Kier molecular flexibility index (Phi) is 6.65. The van der Waals surface area contributed by atoms with Gasteiger partial charge in [-0.05, 0) is 6.42 Å². The van der Waals surface area contributed by atoms with Crippen LogP contribution >= 0.6 is 11.6 Å². The van der Waals surface area contributed by atoms with Gasteiger partial charge in [0.2, 0.25) is 5.75 Å². The maximum absolute atomic E-state index is 5.82. The molecule has 5 nitrogen and oxygen atoms in total. The molecule has 0 radical (unpaired) electrons. The molecule has 0 atom stereocenters. The number of hydrogen-bond acceptors (Lipinski definition) is 5. The van der Waals surface area contributed by atoms with Crippen molar-refractivity contribution in [2.24, 2.45) is 0 Å². The van der Waals surface area contributed by atoms with Crippen LogP contribution in [-0.2, 0) is 4.74 Å². The molecule has 1 aromatic rings. The van der Waals surface area contributed by atoms with E-state index in [1.54, 1.807) is 0 Å². The van der Waals surface area contributed by atoms with E-state index < -0.39 is 0 Å². The molecule has 1 aromatic heterocycles. The molecule has 0 aliphatic carbocycles. The standard InChI is InChI=1S/C11H17ClN2O3/c1-3-4-5-16-6-7-17-11-9(15-2)10(12)13-8-14-11/h8H,3-7H2,1-2H3. The van der Waals surface area contributed by atoms with Gasteiger partial charge in [-0.1, -0.05) is 24.9 Å². The lowest BCUT2D eigenvalue weighted by molar-refractivity contribution is 0.0952. The highest BCUT2D eigenvalue weighted by atomic mass is 35.5. The largest absolute Gasteiger partial charge is 0.489 e. The molecule has 96 valence electrons. The normalized spacial score (nSPS) is 10.3. The fourth-order valence-electron chi connectivity index (χ4n) is 1.16. The van der Waals surface area contributed by atoms with E-state index >= 15 is 0 Å². The predicted molar refractivity (Wildman–Crippen MR) is 64.8 cm³/mol. The molecular formula is C11H17ClN2O3. The SMILES string of the molecule is CCCCOCCOc1ncnc(Cl)c1OC. The van der Waals surface area contributed by atoms with Crippen molar-refractivity contribution in [2.45, 2.75) is 19.8 Å². The second kappa shape index (κ2) is 8.08. The fraction of sp³-hybridized carbons (Fsp3) is 0.636. The van der Waals surface area contributed by atoms with Crippen molar-refractivity contribution in [3.63, 3.8) is 0 Å². The molecule has 0 bridgehead atoms. The Bertz CT molecular complexity index is 336.